The summed E-state index contributed by atoms with van der Waals surface area (Å²) in [6.07, 6.45) is 2.73. The zero-order valence-electron chi connectivity index (χ0n) is 12.0. The van der Waals surface area contributed by atoms with E-state index in [0.717, 1.165) is 45.3 Å². The Morgan fingerprint density at radius 3 is 3.11 bits per heavy atom. The fourth-order valence-corrected chi connectivity index (χ4v) is 2.60. The summed E-state index contributed by atoms with van der Waals surface area (Å²) in [5, 5.41) is 6.64. The lowest BCUT2D eigenvalue weighted by Gasteiger charge is -2.15. The molecule has 19 heavy (non-hydrogen) atoms. The summed E-state index contributed by atoms with van der Waals surface area (Å²) in [6, 6.07) is 0. The van der Waals surface area contributed by atoms with E-state index in [2.05, 4.69) is 34.6 Å². The van der Waals surface area contributed by atoms with E-state index < -0.39 is 0 Å². The van der Waals surface area contributed by atoms with Crippen molar-refractivity contribution in [3.05, 3.63) is 16.1 Å². The van der Waals surface area contributed by atoms with Crippen molar-refractivity contribution in [1.29, 1.82) is 0 Å². The van der Waals surface area contributed by atoms with Crippen molar-refractivity contribution < 1.29 is 4.74 Å². The van der Waals surface area contributed by atoms with E-state index in [4.69, 9.17) is 4.74 Å². The Labute approximate surface area is 120 Å². The molecule has 108 valence electrons. The topological polar surface area (TPSA) is 37.4 Å². The molecule has 5 heteroatoms. The Hall–Kier alpha value is -0.490. The fourth-order valence-electron chi connectivity index (χ4n) is 1.85. The van der Waals surface area contributed by atoms with Crippen LogP contribution >= 0.6 is 11.3 Å². The molecule has 1 aliphatic carbocycles. The van der Waals surface area contributed by atoms with Crippen molar-refractivity contribution in [2.45, 2.75) is 32.9 Å². The van der Waals surface area contributed by atoms with Gasteiger partial charge in [-0.1, -0.05) is 6.92 Å². The minimum absolute atomic E-state index is 0.835. The molecule has 1 aliphatic rings. The van der Waals surface area contributed by atoms with Gasteiger partial charge in [0, 0.05) is 31.6 Å². The summed E-state index contributed by atoms with van der Waals surface area (Å²) in [5.74, 6) is 0.859. The highest BCUT2D eigenvalue weighted by Gasteiger charge is 2.20. The maximum Gasteiger partial charge on any atom is 0.107 e. The smallest absolute Gasteiger partial charge is 0.107 e. The normalized spacial score (nSPS) is 15.3. The third kappa shape index (κ3) is 5.99. The second kappa shape index (κ2) is 7.94. The highest BCUT2D eigenvalue weighted by Crippen LogP contribution is 2.28. The van der Waals surface area contributed by atoms with Crippen molar-refractivity contribution in [3.8, 4) is 0 Å². The van der Waals surface area contributed by atoms with Crippen molar-refractivity contribution in [3.63, 3.8) is 0 Å². The molecule has 4 nitrogen and oxygen atoms in total. The van der Waals surface area contributed by atoms with Gasteiger partial charge in [0.15, 0.2) is 0 Å². The van der Waals surface area contributed by atoms with Crippen molar-refractivity contribution in [2.24, 2.45) is 5.92 Å². The number of rotatable bonds is 10. The lowest BCUT2D eigenvalue weighted by molar-refractivity contribution is 0.101. The Morgan fingerprint density at radius 2 is 2.37 bits per heavy atom. The average Bonchev–Trinajstić information content (AvgIpc) is 3.12. The van der Waals surface area contributed by atoms with Gasteiger partial charge in [0.05, 0.1) is 12.3 Å². The predicted octanol–water partition coefficient (Wildman–Crippen LogP) is 2.11. The van der Waals surface area contributed by atoms with E-state index >= 15 is 0 Å². The number of nitrogens with one attached hydrogen (secondary N) is 1. The average molecular weight is 283 g/mol. The molecule has 1 fully saturated rings. The highest BCUT2D eigenvalue weighted by atomic mass is 32.1. The van der Waals surface area contributed by atoms with Crippen molar-refractivity contribution in [2.75, 3.05) is 33.4 Å². The van der Waals surface area contributed by atoms with Crippen LogP contribution < -0.4 is 5.32 Å². The molecule has 1 aromatic rings. The second-order valence-corrected chi connectivity index (χ2v) is 6.21. The Morgan fingerprint density at radius 1 is 1.53 bits per heavy atom. The zero-order chi connectivity index (χ0) is 13.5. The first kappa shape index (κ1) is 14.9. The van der Waals surface area contributed by atoms with Crippen LogP contribution in [0.25, 0.3) is 0 Å². The van der Waals surface area contributed by atoms with E-state index in [9.17, 15) is 0 Å². The van der Waals surface area contributed by atoms with Crippen LogP contribution in [-0.4, -0.2) is 43.2 Å². The molecular weight excluding hydrogens is 258 g/mol. The molecule has 0 spiro atoms. The number of likely N-dealkylation sites (N-methyl/N-ethyl adjacent to an activating group) is 1. The van der Waals surface area contributed by atoms with Crippen LogP contribution in [0.4, 0.5) is 0 Å². The Bertz CT molecular complexity index is 365. The maximum absolute atomic E-state index is 5.65. The third-order valence-corrected chi connectivity index (χ3v) is 4.12. The van der Waals surface area contributed by atoms with E-state index in [1.54, 1.807) is 11.3 Å². The van der Waals surface area contributed by atoms with Gasteiger partial charge in [-0.25, -0.2) is 4.98 Å². The summed E-state index contributed by atoms with van der Waals surface area (Å²) in [4.78, 5) is 6.90. The molecule has 0 amide bonds. The molecule has 0 bridgehead atoms. The lowest BCUT2D eigenvalue weighted by atomic mass is 10.4. The molecule has 1 aromatic heterocycles. The molecule has 1 heterocycles. The van der Waals surface area contributed by atoms with Gasteiger partial charge >= 0.3 is 0 Å². The molecule has 0 aliphatic heterocycles. The summed E-state index contributed by atoms with van der Waals surface area (Å²) in [6.45, 7) is 7.67. The molecule has 1 saturated carbocycles. The summed E-state index contributed by atoms with van der Waals surface area (Å²) in [7, 11) is 2.13. The maximum atomic E-state index is 5.65. The first-order valence-electron chi connectivity index (χ1n) is 7.18. The lowest BCUT2D eigenvalue weighted by Crippen LogP contribution is -2.23. The van der Waals surface area contributed by atoms with E-state index in [1.807, 2.05) is 0 Å². The number of aromatic nitrogens is 1. The summed E-state index contributed by atoms with van der Waals surface area (Å²) >= 11 is 1.74. The van der Waals surface area contributed by atoms with Gasteiger partial charge in [-0.15, -0.1) is 11.3 Å². The van der Waals surface area contributed by atoms with Crippen LogP contribution in [0.1, 0.15) is 30.5 Å². The van der Waals surface area contributed by atoms with Gasteiger partial charge in [-0.05, 0) is 32.4 Å². The van der Waals surface area contributed by atoms with Crippen molar-refractivity contribution in [1.82, 2.24) is 15.2 Å². The predicted molar refractivity (Wildman–Crippen MR) is 79.4 cm³/mol. The monoisotopic (exact) mass is 283 g/mol. The van der Waals surface area contributed by atoms with Gasteiger partial charge < -0.3 is 10.1 Å². The minimum Gasteiger partial charge on any atom is -0.380 e. The number of hydrogen-bond acceptors (Lipinski definition) is 5. The van der Waals surface area contributed by atoms with Gasteiger partial charge in [0.1, 0.15) is 5.01 Å². The Kier molecular flexibility index (Phi) is 6.23. The van der Waals surface area contributed by atoms with Crippen LogP contribution in [0.3, 0.4) is 0 Å². The van der Waals surface area contributed by atoms with Crippen LogP contribution in [-0.2, 0) is 17.8 Å². The van der Waals surface area contributed by atoms with E-state index in [0.29, 0.717) is 0 Å². The summed E-state index contributed by atoms with van der Waals surface area (Å²) < 4.78 is 5.65. The van der Waals surface area contributed by atoms with Crippen LogP contribution in [0.15, 0.2) is 5.38 Å². The summed E-state index contributed by atoms with van der Waals surface area (Å²) in [5.41, 5.74) is 1.17. The minimum atomic E-state index is 0.835. The van der Waals surface area contributed by atoms with Gasteiger partial charge in [-0.2, -0.15) is 0 Å². The largest absolute Gasteiger partial charge is 0.380 e. The zero-order valence-corrected chi connectivity index (χ0v) is 12.8. The van der Waals surface area contributed by atoms with Crippen LogP contribution in [0.2, 0.25) is 0 Å². The molecule has 1 N–H and O–H groups in total. The number of thiazole rings is 1. The molecule has 0 atom stereocenters. The molecule has 0 unspecified atom stereocenters. The van der Waals surface area contributed by atoms with E-state index in [-0.39, 0.29) is 0 Å². The first-order chi connectivity index (χ1) is 9.28. The standard InChI is InChI=1S/C14H25N3OS/c1-3-15-8-14-16-13(11-19-14)9-17(2)6-7-18-10-12-4-5-12/h11-12,15H,3-10H2,1-2H3. The van der Waals surface area contributed by atoms with Crippen molar-refractivity contribution >= 4 is 11.3 Å². The number of hydrogen-bond donors (Lipinski definition) is 1. The first-order valence-corrected chi connectivity index (χ1v) is 8.06. The Balaban J connectivity index is 1.60. The number of ether oxygens (including phenoxy) is 1. The molecule has 0 radical (unpaired) electrons. The third-order valence-electron chi connectivity index (χ3n) is 3.23. The SMILES string of the molecule is CCNCc1nc(CN(C)CCOCC2CC2)cs1. The van der Waals surface area contributed by atoms with Gasteiger partial charge in [0.2, 0.25) is 0 Å². The molecule has 0 aromatic carbocycles. The number of nitrogens with zero attached hydrogens (tertiary/aromatic N) is 2. The quantitative estimate of drug-likeness (QED) is 0.667. The van der Waals surface area contributed by atoms with Crippen LogP contribution in [0.5, 0.6) is 0 Å². The van der Waals surface area contributed by atoms with Gasteiger partial charge in [0.25, 0.3) is 0 Å². The van der Waals surface area contributed by atoms with E-state index in [1.165, 1.54) is 23.5 Å². The molecule has 2 rings (SSSR count). The fraction of sp³-hybridized carbons (Fsp3) is 0.786. The van der Waals surface area contributed by atoms with Gasteiger partial charge in [-0.3, -0.25) is 4.90 Å². The molecule has 0 saturated heterocycles. The second-order valence-electron chi connectivity index (χ2n) is 5.27. The van der Waals surface area contributed by atoms with Crippen LogP contribution in [0, 0.1) is 5.92 Å². The molecular formula is C14H25N3OS. The highest BCUT2D eigenvalue weighted by molar-refractivity contribution is 7.09.